The van der Waals surface area contributed by atoms with Gasteiger partial charge in [0.1, 0.15) is 5.82 Å². The molecule has 0 saturated heterocycles. The van der Waals surface area contributed by atoms with Crippen LogP contribution in [0.3, 0.4) is 0 Å². The van der Waals surface area contributed by atoms with Crippen molar-refractivity contribution in [3.63, 3.8) is 0 Å². The molecule has 3 nitrogen and oxygen atoms in total. The highest BCUT2D eigenvalue weighted by atomic mass is 35.5. The van der Waals surface area contributed by atoms with Crippen LogP contribution in [0.2, 0.25) is 5.02 Å². The van der Waals surface area contributed by atoms with Gasteiger partial charge in [-0.25, -0.2) is 4.39 Å². The van der Waals surface area contributed by atoms with Gasteiger partial charge in [0.15, 0.2) is 0 Å². The molecule has 0 aliphatic carbocycles. The Hall–Kier alpha value is -3.37. The zero-order valence-corrected chi connectivity index (χ0v) is 17.9. The highest BCUT2D eigenvalue weighted by Crippen LogP contribution is 2.31. The minimum atomic E-state index is -0.354. The van der Waals surface area contributed by atoms with Crippen LogP contribution in [0.15, 0.2) is 84.9 Å². The Morgan fingerprint density at radius 3 is 2.35 bits per heavy atom. The largest absolute Gasteiger partial charge is 0.352 e. The minimum absolute atomic E-state index is 0.182. The number of hydrogen-bond donors (Lipinski definition) is 1. The van der Waals surface area contributed by atoms with E-state index in [2.05, 4.69) is 5.32 Å². The summed E-state index contributed by atoms with van der Waals surface area (Å²) >= 11 is 6.04. The van der Waals surface area contributed by atoms with E-state index in [9.17, 15) is 9.18 Å². The molecule has 1 amide bonds. The lowest BCUT2D eigenvalue weighted by atomic mass is 10.1. The first-order valence-corrected chi connectivity index (χ1v) is 10.5. The van der Waals surface area contributed by atoms with Crippen molar-refractivity contribution >= 4 is 17.5 Å². The van der Waals surface area contributed by atoms with Crippen molar-refractivity contribution in [2.45, 2.75) is 13.3 Å². The van der Waals surface area contributed by atoms with Gasteiger partial charge >= 0.3 is 0 Å². The maximum absolute atomic E-state index is 14.7. The van der Waals surface area contributed by atoms with Gasteiger partial charge in [-0.15, -0.1) is 0 Å². The summed E-state index contributed by atoms with van der Waals surface area (Å²) in [6.07, 6.45) is 0.740. The Labute approximate surface area is 186 Å². The molecule has 31 heavy (non-hydrogen) atoms. The third-order valence-corrected chi connectivity index (χ3v) is 5.52. The molecule has 1 heterocycles. The van der Waals surface area contributed by atoms with Gasteiger partial charge in [-0.05, 0) is 54.8 Å². The minimum Gasteiger partial charge on any atom is -0.352 e. The van der Waals surface area contributed by atoms with E-state index in [-0.39, 0.29) is 11.7 Å². The van der Waals surface area contributed by atoms with Gasteiger partial charge < -0.3 is 9.88 Å². The van der Waals surface area contributed by atoms with E-state index in [1.807, 2.05) is 55.5 Å². The van der Waals surface area contributed by atoms with Crippen LogP contribution in [0.5, 0.6) is 0 Å². The second-order valence-electron chi connectivity index (χ2n) is 7.31. The zero-order valence-electron chi connectivity index (χ0n) is 17.1. The highest BCUT2D eigenvalue weighted by Gasteiger charge is 2.21. The molecule has 4 rings (SSSR count). The molecule has 0 aliphatic heterocycles. The molecule has 3 aromatic carbocycles. The molecule has 5 heteroatoms. The summed E-state index contributed by atoms with van der Waals surface area (Å²) in [5.74, 6) is -0.536. The Bertz CT molecular complexity index is 1200. The van der Waals surface area contributed by atoms with Crippen molar-refractivity contribution < 1.29 is 9.18 Å². The smallest absolute Gasteiger partial charge is 0.253 e. The average Bonchev–Trinajstić information content (AvgIpc) is 3.12. The number of nitrogens with one attached hydrogen (secondary N) is 1. The number of halogens is 2. The second-order valence-corrected chi connectivity index (χ2v) is 7.75. The van der Waals surface area contributed by atoms with Crippen molar-refractivity contribution in [2.24, 2.45) is 0 Å². The quantitative estimate of drug-likeness (QED) is 0.385. The number of carbonyl (C=O) groups is 1. The van der Waals surface area contributed by atoms with Crippen molar-refractivity contribution in [1.82, 2.24) is 9.88 Å². The number of nitrogens with zero attached hydrogens (tertiary/aromatic N) is 1. The summed E-state index contributed by atoms with van der Waals surface area (Å²) in [6, 6.07) is 25.7. The van der Waals surface area contributed by atoms with Gasteiger partial charge in [0.25, 0.3) is 5.91 Å². The molecule has 0 unspecified atom stereocenters. The molecule has 4 aromatic rings. The van der Waals surface area contributed by atoms with Crippen LogP contribution < -0.4 is 5.32 Å². The Kier molecular flexibility index (Phi) is 6.19. The van der Waals surface area contributed by atoms with E-state index in [0.29, 0.717) is 28.5 Å². The fourth-order valence-corrected chi connectivity index (χ4v) is 3.80. The Morgan fingerprint density at radius 2 is 1.65 bits per heavy atom. The molecule has 0 fully saturated rings. The van der Waals surface area contributed by atoms with Crippen molar-refractivity contribution in [3.05, 3.63) is 113 Å². The first-order valence-electron chi connectivity index (χ1n) is 10.1. The lowest BCUT2D eigenvalue weighted by Crippen LogP contribution is -2.26. The van der Waals surface area contributed by atoms with Crippen molar-refractivity contribution in [3.8, 4) is 16.9 Å². The van der Waals surface area contributed by atoms with Crippen LogP contribution in [-0.4, -0.2) is 17.0 Å². The predicted molar refractivity (Wildman–Crippen MR) is 123 cm³/mol. The standard InChI is InChI=1S/C26H22ClFN2O/c1-18-22(26(31)29-16-15-19-7-3-2-4-8-19)17-25(20-11-13-21(27)14-12-20)30(18)24-10-6-5-9-23(24)28/h2-14,17H,15-16H2,1H3,(H,29,31). The van der Waals surface area contributed by atoms with Crippen LogP contribution in [0, 0.1) is 12.7 Å². The van der Waals surface area contributed by atoms with E-state index >= 15 is 0 Å². The number of para-hydroxylation sites is 1. The fraction of sp³-hybridized carbons (Fsp3) is 0.115. The first-order chi connectivity index (χ1) is 15.0. The van der Waals surface area contributed by atoms with Gasteiger partial charge in [0.2, 0.25) is 0 Å². The van der Waals surface area contributed by atoms with Crippen LogP contribution in [0.25, 0.3) is 16.9 Å². The first kappa shape index (κ1) is 20.9. The number of carbonyl (C=O) groups excluding carboxylic acids is 1. The van der Waals surface area contributed by atoms with Gasteiger partial charge in [-0.1, -0.05) is 66.2 Å². The van der Waals surface area contributed by atoms with E-state index in [1.165, 1.54) is 6.07 Å². The van der Waals surface area contributed by atoms with Crippen LogP contribution in [-0.2, 0) is 6.42 Å². The molecule has 1 N–H and O–H groups in total. The molecule has 0 aliphatic rings. The summed E-state index contributed by atoms with van der Waals surface area (Å²) in [5, 5.41) is 3.60. The number of amides is 1. The third-order valence-electron chi connectivity index (χ3n) is 5.27. The third kappa shape index (κ3) is 4.54. The monoisotopic (exact) mass is 432 g/mol. The molecule has 0 bridgehead atoms. The zero-order chi connectivity index (χ0) is 21.8. The van der Waals surface area contributed by atoms with Crippen molar-refractivity contribution in [2.75, 3.05) is 6.54 Å². The fourth-order valence-electron chi connectivity index (χ4n) is 3.67. The van der Waals surface area contributed by atoms with Crippen LogP contribution >= 0.6 is 11.6 Å². The molecular weight excluding hydrogens is 411 g/mol. The van der Waals surface area contributed by atoms with Crippen LogP contribution in [0.4, 0.5) is 4.39 Å². The normalized spacial score (nSPS) is 10.8. The summed E-state index contributed by atoms with van der Waals surface area (Å²) in [4.78, 5) is 13.0. The Balaban J connectivity index is 1.68. The molecule has 0 radical (unpaired) electrons. The molecule has 156 valence electrons. The molecule has 0 atom stereocenters. The Morgan fingerprint density at radius 1 is 0.968 bits per heavy atom. The summed E-state index contributed by atoms with van der Waals surface area (Å²) in [5.41, 5.74) is 4.32. The van der Waals surface area contributed by atoms with Gasteiger partial charge in [0.05, 0.1) is 16.9 Å². The van der Waals surface area contributed by atoms with E-state index < -0.39 is 0 Å². The van der Waals surface area contributed by atoms with Crippen LogP contribution in [0.1, 0.15) is 21.6 Å². The number of benzene rings is 3. The van der Waals surface area contributed by atoms with Gasteiger partial charge in [0, 0.05) is 17.3 Å². The molecule has 0 saturated carbocycles. The summed E-state index contributed by atoms with van der Waals surface area (Å²) in [6.45, 7) is 2.35. The second kappa shape index (κ2) is 9.19. The molecule has 1 aromatic heterocycles. The van der Waals surface area contributed by atoms with E-state index in [1.54, 1.807) is 34.9 Å². The van der Waals surface area contributed by atoms with E-state index in [0.717, 1.165) is 23.2 Å². The number of aromatic nitrogens is 1. The number of rotatable bonds is 6. The van der Waals surface area contributed by atoms with Gasteiger partial charge in [-0.3, -0.25) is 4.79 Å². The topological polar surface area (TPSA) is 34.0 Å². The maximum atomic E-state index is 14.7. The number of hydrogen-bond acceptors (Lipinski definition) is 1. The average molecular weight is 433 g/mol. The predicted octanol–water partition coefficient (Wildman–Crippen LogP) is 6.22. The lowest BCUT2D eigenvalue weighted by Gasteiger charge is -2.13. The van der Waals surface area contributed by atoms with E-state index in [4.69, 9.17) is 11.6 Å². The summed E-state index contributed by atoms with van der Waals surface area (Å²) < 4.78 is 16.5. The maximum Gasteiger partial charge on any atom is 0.253 e. The molecular formula is C26H22ClFN2O. The SMILES string of the molecule is Cc1c(C(=O)NCCc2ccccc2)cc(-c2ccc(Cl)cc2)n1-c1ccccc1F. The highest BCUT2D eigenvalue weighted by molar-refractivity contribution is 6.30. The van der Waals surface area contributed by atoms with Gasteiger partial charge in [-0.2, -0.15) is 0 Å². The summed E-state index contributed by atoms with van der Waals surface area (Å²) in [7, 11) is 0. The lowest BCUT2D eigenvalue weighted by molar-refractivity contribution is 0.0953. The van der Waals surface area contributed by atoms with Crippen molar-refractivity contribution in [1.29, 1.82) is 0 Å². The molecule has 0 spiro atoms.